The van der Waals surface area contributed by atoms with E-state index in [0.29, 0.717) is 36.0 Å². The number of thioether (sulfide) groups is 1. The summed E-state index contributed by atoms with van der Waals surface area (Å²) in [6.07, 6.45) is 1.62. The number of benzene rings is 4. The first kappa shape index (κ1) is 26.1. The number of nitrogens with zero attached hydrogens (tertiary/aromatic N) is 1. The highest BCUT2D eigenvalue weighted by atomic mass is 32.2. The molecule has 1 aliphatic heterocycles. The van der Waals surface area contributed by atoms with Gasteiger partial charge in [0.15, 0.2) is 11.5 Å². The summed E-state index contributed by atoms with van der Waals surface area (Å²) in [4.78, 5) is 39.0. The van der Waals surface area contributed by atoms with Crippen molar-refractivity contribution in [3.63, 3.8) is 0 Å². The number of hydrogen-bond donors (Lipinski definition) is 1. The molecule has 8 heteroatoms. The van der Waals surface area contributed by atoms with Crippen LogP contribution < -0.4 is 14.8 Å². The van der Waals surface area contributed by atoms with Crippen LogP contribution in [-0.2, 0) is 16.2 Å². The fraction of sp³-hybridized carbons (Fsp3) is 0.129. The highest BCUT2D eigenvalue weighted by Crippen LogP contribution is 2.35. The zero-order chi connectivity index (χ0) is 27.2. The van der Waals surface area contributed by atoms with E-state index in [2.05, 4.69) is 29.6 Å². The van der Waals surface area contributed by atoms with Gasteiger partial charge >= 0.3 is 0 Å². The summed E-state index contributed by atoms with van der Waals surface area (Å²) in [6.45, 7) is 2.32. The first-order chi connectivity index (χ1) is 19.0. The number of carbonyl (C=O) groups excluding carboxylic acids is 3. The number of rotatable bonds is 9. The van der Waals surface area contributed by atoms with Gasteiger partial charge in [-0.05, 0) is 77.0 Å². The van der Waals surface area contributed by atoms with Crippen LogP contribution in [0.4, 0.5) is 10.5 Å². The van der Waals surface area contributed by atoms with Gasteiger partial charge in [-0.3, -0.25) is 19.3 Å². The Morgan fingerprint density at radius 2 is 1.64 bits per heavy atom. The number of ether oxygens (including phenoxy) is 2. The maximum absolute atomic E-state index is 12.9. The number of imide groups is 1. The van der Waals surface area contributed by atoms with E-state index in [0.717, 1.165) is 27.6 Å². The summed E-state index contributed by atoms with van der Waals surface area (Å²) in [7, 11) is 0. The average molecular weight is 539 g/mol. The lowest BCUT2D eigenvalue weighted by Gasteiger charge is -2.13. The van der Waals surface area contributed by atoms with Crippen molar-refractivity contribution >= 4 is 51.4 Å². The summed E-state index contributed by atoms with van der Waals surface area (Å²) in [5.41, 5.74) is 2.30. The Hall–Kier alpha value is -4.56. The van der Waals surface area contributed by atoms with E-state index in [4.69, 9.17) is 9.47 Å². The van der Waals surface area contributed by atoms with Gasteiger partial charge in [-0.1, -0.05) is 60.7 Å². The van der Waals surface area contributed by atoms with Crippen molar-refractivity contribution < 1.29 is 23.9 Å². The Bertz CT molecular complexity index is 1570. The SMILES string of the molecule is CCOc1cc(/C=C2\SC(=O)N(CC(=O)Nc3ccccc3)C2=O)ccc1OCc1ccc2ccccc2c1. The van der Waals surface area contributed by atoms with E-state index >= 15 is 0 Å². The second-order valence-electron chi connectivity index (χ2n) is 8.79. The van der Waals surface area contributed by atoms with Crippen molar-refractivity contribution in [3.8, 4) is 11.5 Å². The lowest BCUT2D eigenvalue weighted by molar-refractivity contribution is -0.127. The normalized spacial score (nSPS) is 14.2. The van der Waals surface area contributed by atoms with Crippen molar-refractivity contribution in [1.29, 1.82) is 0 Å². The molecule has 4 aromatic rings. The predicted molar refractivity (Wildman–Crippen MR) is 154 cm³/mol. The fourth-order valence-electron chi connectivity index (χ4n) is 4.14. The summed E-state index contributed by atoms with van der Waals surface area (Å²) in [5.74, 6) is 0.153. The Labute approximate surface area is 230 Å². The van der Waals surface area contributed by atoms with Crippen LogP contribution >= 0.6 is 11.8 Å². The molecule has 0 aromatic heterocycles. The second kappa shape index (κ2) is 11.9. The zero-order valence-corrected chi connectivity index (χ0v) is 22.1. The van der Waals surface area contributed by atoms with Crippen LogP contribution in [-0.4, -0.2) is 35.1 Å². The first-order valence-corrected chi connectivity index (χ1v) is 13.3. The van der Waals surface area contributed by atoms with Crippen molar-refractivity contribution in [2.24, 2.45) is 0 Å². The Kier molecular flexibility index (Phi) is 7.94. The lowest BCUT2D eigenvalue weighted by Crippen LogP contribution is -2.36. The Morgan fingerprint density at radius 1 is 0.872 bits per heavy atom. The maximum Gasteiger partial charge on any atom is 0.294 e. The molecule has 1 heterocycles. The minimum absolute atomic E-state index is 0.236. The molecule has 39 heavy (non-hydrogen) atoms. The molecule has 196 valence electrons. The number of nitrogens with one attached hydrogen (secondary N) is 1. The summed E-state index contributed by atoms with van der Waals surface area (Å²) in [6, 6.07) is 28.6. The quantitative estimate of drug-likeness (QED) is 0.245. The molecule has 1 saturated heterocycles. The minimum atomic E-state index is -0.511. The molecule has 0 bridgehead atoms. The van der Waals surface area contributed by atoms with Gasteiger partial charge in [0.25, 0.3) is 11.1 Å². The molecule has 5 rings (SSSR count). The number of amides is 3. The number of fused-ring (bicyclic) bond motifs is 1. The number of anilines is 1. The number of para-hydroxylation sites is 1. The molecular weight excluding hydrogens is 512 g/mol. The monoisotopic (exact) mass is 538 g/mol. The number of hydrogen-bond acceptors (Lipinski definition) is 6. The second-order valence-corrected chi connectivity index (χ2v) is 9.78. The maximum atomic E-state index is 12.9. The van der Waals surface area contributed by atoms with Crippen molar-refractivity contribution in [2.75, 3.05) is 18.5 Å². The molecule has 3 amide bonds. The Morgan fingerprint density at radius 3 is 2.44 bits per heavy atom. The van der Waals surface area contributed by atoms with Crippen molar-refractivity contribution in [3.05, 3.63) is 107 Å². The van der Waals surface area contributed by atoms with Crippen LogP contribution in [0.15, 0.2) is 95.9 Å². The highest BCUT2D eigenvalue weighted by molar-refractivity contribution is 8.18. The highest BCUT2D eigenvalue weighted by Gasteiger charge is 2.36. The summed E-state index contributed by atoms with van der Waals surface area (Å²) >= 11 is 0.803. The molecule has 0 aliphatic carbocycles. The fourth-order valence-corrected chi connectivity index (χ4v) is 4.98. The molecule has 0 radical (unpaired) electrons. The lowest BCUT2D eigenvalue weighted by atomic mass is 10.1. The van der Waals surface area contributed by atoms with Crippen LogP contribution in [0.25, 0.3) is 16.8 Å². The minimum Gasteiger partial charge on any atom is -0.490 e. The van der Waals surface area contributed by atoms with Crippen LogP contribution in [0.2, 0.25) is 0 Å². The molecule has 1 aliphatic rings. The molecule has 1 N–H and O–H groups in total. The topological polar surface area (TPSA) is 84.9 Å². The molecule has 0 spiro atoms. The summed E-state index contributed by atoms with van der Waals surface area (Å²) < 4.78 is 11.9. The molecule has 0 unspecified atom stereocenters. The van der Waals surface area contributed by atoms with E-state index in [1.807, 2.05) is 31.2 Å². The largest absolute Gasteiger partial charge is 0.490 e. The van der Waals surface area contributed by atoms with Crippen LogP contribution in [0, 0.1) is 0 Å². The van der Waals surface area contributed by atoms with Gasteiger partial charge < -0.3 is 14.8 Å². The standard InChI is InChI=1S/C31H26N2O5S/c1-2-37-27-17-21(13-15-26(27)38-20-22-12-14-23-8-6-7-9-24(23)16-22)18-28-30(35)33(31(36)39-28)19-29(34)32-25-10-4-3-5-11-25/h3-18H,2,19-20H2,1H3,(H,32,34)/b28-18-. The zero-order valence-electron chi connectivity index (χ0n) is 21.3. The molecule has 0 atom stereocenters. The van der Waals surface area contributed by atoms with E-state index in [1.54, 1.807) is 48.5 Å². The molecular formula is C31H26N2O5S. The van der Waals surface area contributed by atoms with E-state index in [9.17, 15) is 14.4 Å². The smallest absolute Gasteiger partial charge is 0.294 e. The van der Waals surface area contributed by atoms with E-state index in [1.165, 1.54) is 5.39 Å². The van der Waals surface area contributed by atoms with Gasteiger partial charge in [0, 0.05) is 5.69 Å². The van der Waals surface area contributed by atoms with E-state index in [-0.39, 0.29) is 11.4 Å². The van der Waals surface area contributed by atoms with E-state index < -0.39 is 17.1 Å². The molecule has 4 aromatic carbocycles. The van der Waals surface area contributed by atoms with Gasteiger partial charge in [0.1, 0.15) is 13.2 Å². The van der Waals surface area contributed by atoms with Crippen molar-refractivity contribution in [2.45, 2.75) is 13.5 Å². The van der Waals surface area contributed by atoms with Crippen molar-refractivity contribution in [1.82, 2.24) is 4.90 Å². The number of carbonyl (C=O) groups is 3. The average Bonchev–Trinajstić information content (AvgIpc) is 3.20. The third kappa shape index (κ3) is 6.30. The predicted octanol–water partition coefficient (Wildman–Crippen LogP) is 6.49. The van der Waals surface area contributed by atoms with Crippen LogP contribution in [0.5, 0.6) is 11.5 Å². The third-order valence-electron chi connectivity index (χ3n) is 6.01. The van der Waals surface area contributed by atoms with Gasteiger partial charge in [-0.15, -0.1) is 0 Å². The molecule has 7 nitrogen and oxygen atoms in total. The van der Waals surface area contributed by atoms with Gasteiger partial charge in [-0.2, -0.15) is 0 Å². The van der Waals surface area contributed by atoms with Gasteiger partial charge in [0.05, 0.1) is 11.5 Å². The molecule has 0 saturated carbocycles. The third-order valence-corrected chi connectivity index (χ3v) is 6.91. The van der Waals surface area contributed by atoms with Gasteiger partial charge in [-0.25, -0.2) is 0 Å². The molecule has 1 fully saturated rings. The van der Waals surface area contributed by atoms with Crippen LogP contribution in [0.3, 0.4) is 0 Å². The Balaban J connectivity index is 1.27. The van der Waals surface area contributed by atoms with Gasteiger partial charge in [0.2, 0.25) is 5.91 Å². The van der Waals surface area contributed by atoms with Crippen LogP contribution in [0.1, 0.15) is 18.1 Å². The summed E-state index contributed by atoms with van der Waals surface area (Å²) in [5, 5.41) is 4.51. The first-order valence-electron chi connectivity index (χ1n) is 12.5.